The maximum Gasteiger partial charge on any atom is 0.0596 e. The average molecular weight is 188 g/mol. The van der Waals surface area contributed by atoms with Gasteiger partial charge in [0.25, 0.3) is 0 Å². The van der Waals surface area contributed by atoms with E-state index in [0.29, 0.717) is 0 Å². The third kappa shape index (κ3) is 2.70. The Bertz CT molecular complexity index is 323. The lowest BCUT2D eigenvalue weighted by atomic mass is 10.2. The molecule has 0 bridgehead atoms. The Hall–Kier alpha value is -1.62. The summed E-state index contributed by atoms with van der Waals surface area (Å²) in [6, 6.07) is 8.19. The molecule has 1 N–H and O–H groups in total. The van der Waals surface area contributed by atoms with E-state index in [0.717, 1.165) is 18.7 Å². The number of hydrogen-bond donors (Lipinski definition) is 1. The first kappa shape index (κ1) is 10.5. The first-order valence-corrected chi connectivity index (χ1v) is 4.69. The summed E-state index contributed by atoms with van der Waals surface area (Å²) >= 11 is 0. The second kappa shape index (κ2) is 5.18. The van der Waals surface area contributed by atoms with Crippen LogP contribution in [-0.2, 0) is 0 Å². The van der Waals surface area contributed by atoms with Crippen molar-refractivity contribution >= 4 is 11.4 Å². The number of nitrogens with one attached hydrogen (secondary N) is 1. The van der Waals surface area contributed by atoms with Crippen LogP contribution in [0.3, 0.4) is 0 Å². The van der Waals surface area contributed by atoms with Crippen LogP contribution in [0.25, 0.3) is 0 Å². The van der Waals surface area contributed by atoms with Crippen molar-refractivity contribution in [1.82, 2.24) is 0 Å². The highest BCUT2D eigenvalue weighted by Crippen LogP contribution is 2.22. The predicted molar refractivity (Wildman–Crippen MR) is 62.7 cm³/mol. The van der Waals surface area contributed by atoms with E-state index in [4.69, 9.17) is 6.42 Å². The molecule has 0 aliphatic heterocycles. The van der Waals surface area contributed by atoms with Crippen LogP contribution in [0.2, 0.25) is 0 Å². The van der Waals surface area contributed by atoms with Crippen LogP contribution in [0.15, 0.2) is 24.3 Å². The van der Waals surface area contributed by atoms with Gasteiger partial charge in [-0.3, -0.25) is 0 Å². The third-order valence-corrected chi connectivity index (χ3v) is 1.97. The van der Waals surface area contributed by atoms with Crippen LogP contribution in [0.1, 0.15) is 6.42 Å². The van der Waals surface area contributed by atoms with Gasteiger partial charge in [-0.2, -0.15) is 0 Å². The van der Waals surface area contributed by atoms with Crippen LogP contribution in [0.4, 0.5) is 11.4 Å². The SMILES string of the molecule is C#CCCNc1ccccc1N(C)C. The molecule has 0 aromatic heterocycles. The second-order valence-corrected chi connectivity index (χ2v) is 3.29. The lowest BCUT2D eigenvalue weighted by Crippen LogP contribution is -2.12. The maximum absolute atomic E-state index is 5.19. The van der Waals surface area contributed by atoms with Crippen LogP contribution < -0.4 is 10.2 Å². The zero-order chi connectivity index (χ0) is 10.4. The third-order valence-electron chi connectivity index (χ3n) is 1.97. The summed E-state index contributed by atoms with van der Waals surface area (Å²) < 4.78 is 0. The molecule has 0 fully saturated rings. The van der Waals surface area contributed by atoms with Gasteiger partial charge in [-0.25, -0.2) is 0 Å². The summed E-state index contributed by atoms with van der Waals surface area (Å²) in [5.41, 5.74) is 2.32. The molecule has 0 aliphatic carbocycles. The lowest BCUT2D eigenvalue weighted by Gasteiger charge is -2.17. The molecular formula is C12H16N2. The smallest absolute Gasteiger partial charge is 0.0596 e. The molecule has 0 heterocycles. The van der Waals surface area contributed by atoms with Crippen molar-refractivity contribution in [2.75, 3.05) is 30.9 Å². The number of rotatable bonds is 4. The van der Waals surface area contributed by atoms with E-state index in [1.807, 2.05) is 26.2 Å². The van der Waals surface area contributed by atoms with Gasteiger partial charge < -0.3 is 10.2 Å². The maximum atomic E-state index is 5.19. The number of nitrogens with zero attached hydrogens (tertiary/aromatic N) is 1. The fourth-order valence-electron chi connectivity index (χ4n) is 1.28. The summed E-state index contributed by atoms with van der Waals surface area (Å²) in [5.74, 6) is 2.61. The Labute approximate surface area is 85.9 Å². The monoisotopic (exact) mass is 188 g/mol. The van der Waals surface area contributed by atoms with Gasteiger partial charge in [-0.05, 0) is 12.1 Å². The predicted octanol–water partition coefficient (Wildman–Crippen LogP) is 2.19. The van der Waals surface area contributed by atoms with Gasteiger partial charge in [0.05, 0.1) is 11.4 Å². The molecule has 2 nitrogen and oxygen atoms in total. The highest BCUT2D eigenvalue weighted by molar-refractivity contribution is 5.69. The second-order valence-electron chi connectivity index (χ2n) is 3.29. The molecule has 0 spiro atoms. The van der Waals surface area contributed by atoms with E-state index in [-0.39, 0.29) is 0 Å². The summed E-state index contributed by atoms with van der Waals surface area (Å²) in [6.45, 7) is 0.821. The number of terminal acetylenes is 1. The van der Waals surface area contributed by atoms with Gasteiger partial charge in [0, 0.05) is 27.1 Å². The van der Waals surface area contributed by atoms with Crippen molar-refractivity contribution in [1.29, 1.82) is 0 Å². The molecule has 0 amide bonds. The molecule has 0 saturated heterocycles. The van der Waals surface area contributed by atoms with Crippen molar-refractivity contribution in [3.05, 3.63) is 24.3 Å². The van der Waals surface area contributed by atoms with E-state index in [2.05, 4.69) is 28.3 Å². The fraction of sp³-hybridized carbons (Fsp3) is 0.333. The van der Waals surface area contributed by atoms with E-state index in [9.17, 15) is 0 Å². The largest absolute Gasteiger partial charge is 0.382 e. The Morgan fingerprint density at radius 2 is 2.07 bits per heavy atom. The normalized spacial score (nSPS) is 9.21. The average Bonchev–Trinajstić information content (AvgIpc) is 2.19. The zero-order valence-electron chi connectivity index (χ0n) is 8.75. The molecular weight excluding hydrogens is 172 g/mol. The fourth-order valence-corrected chi connectivity index (χ4v) is 1.28. The quantitative estimate of drug-likeness (QED) is 0.575. The number of para-hydroxylation sites is 2. The van der Waals surface area contributed by atoms with Gasteiger partial charge in [0.15, 0.2) is 0 Å². The lowest BCUT2D eigenvalue weighted by molar-refractivity contribution is 1.08. The molecule has 1 aromatic rings. The van der Waals surface area contributed by atoms with Crippen LogP contribution in [-0.4, -0.2) is 20.6 Å². The van der Waals surface area contributed by atoms with Gasteiger partial charge in [0.1, 0.15) is 0 Å². The molecule has 0 saturated carbocycles. The van der Waals surface area contributed by atoms with Crippen molar-refractivity contribution in [2.45, 2.75) is 6.42 Å². The number of hydrogen-bond acceptors (Lipinski definition) is 2. The van der Waals surface area contributed by atoms with Crippen molar-refractivity contribution in [3.63, 3.8) is 0 Å². The Balaban J connectivity index is 2.70. The molecule has 1 aromatic carbocycles. The van der Waals surface area contributed by atoms with Gasteiger partial charge >= 0.3 is 0 Å². The molecule has 2 heteroatoms. The highest BCUT2D eigenvalue weighted by atomic mass is 15.1. The Morgan fingerprint density at radius 1 is 1.36 bits per heavy atom. The van der Waals surface area contributed by atoms with Crippen molar-refractivity contribution in [2.24, 2.45) is 0 Å². The minimum Gasteiger partial charge on any atom is -0.382 e. The summed E-state index contributed by atoms with van der Waals surface area (Å²) in [6.07, 6.45) is 5.94. The molecule has 14 heavy (non-hydrogen) atoms. The van der Waals surface area contributed by atoms with E-state index in [1.165, 1.54) is 5.69 Å². The van der Waals surface area contributed by atoms with E-state index < -0.39 is 0 Å². The number of benzene rings is 1. The zero-order valence-corrected chi connectivity index (χ0v) is 8.75. The Morgan fingerprint density at radius 3 is 2.71 bits per heavy atom. The summed E-state index contributed by atoms with van der Waals surface area (Å²) in [4.78, 5) is 2.08. The summed E-state index contributed by atoms with van der Waals surface area (Å²) in [5, 5.41) is 3.31. The van der Waals surface area contributed by atoms with E-state index >= 15 is 0 Å². The minimum atomic E-state index is 0.752. The molecule has 74 valence electrons. The van der Waals surface area contributed by atoms with Gasteiger partial charge in [0.2, 0.25) is 0 Å². The minimum absolute atomic E-state index is 0.752. The standard InChI is InChI=1S/C12H16N2/c1-4-5-10-13-11-8-6-7-9-12(11)14(2)3/h1,6-9,13H,5,10H2,2-3H3. The van der Waals surface area contributed by atoms with Crippen LogP contribution in [0, 0.1) is 12.3 Å². The molecule has 0 aliphatic rings. The van der Waals surface area contributed by atoms with Crippen LogP contribution >= 0.6 is 0 Å². The van der Waals surface area contributed by atoms with Gasteiger partial charge in [-0.1, -0.05) is 12.1 Å². The van der Waals surface area contributed by atoms with Gasteiger partial charge in [-0.15, -0.1) is 12.3 Å². The highest BCUT2D eigenvalue weighted by Gasteiger charge is 2.01. The van der Waals surface area contributed by atoms with Crippen molar-refractivity contribution < 1.29 is 0 Å². The molecule has 1 rings (SSSR count). The topological polar surface area (TPSA) is 15.3 Å². The Kier molecular flexibility index (Phi) is 3.87. The van der Waals surface area contributed by atoms with Crippen molar-refractivity contribution in [3.8, 4) is 12.3 Å². The summed E-state index contributed by atoms with van der Waals surface area (Å²) in [7, 11) is 4.06. The molecule has 0 radical (unpaired) electrons. The molecule has 0 unspecified atom stereocenters. The molecule has 0 atom stereocenters. The first-order valence-electron chi connectivity index (χ1n) is 4.69. The van der Waals surface area contributed by atoms with E-state index in [1.54, 1.807) is 0 Å². The number of anilines is 2. The van der Waals surface area contributed by atoms with Crippen LogP contribution in [0.5, 0.6) is 0 Å². The first-order chi connectivity index (χ1) is 6.75.